The van der Waals surface area contributed by atoms with Gasteiger partial charge in [-0.3, -0.25) is 4.79 Å². The van der Waals surface area contributed by atoms with E-state index in [1.165, 1.54) is 6.07 Å². The van der Waals surface area contributed by atoms with Crippen molar-refractivity contribution in [2.24, 2.45) is 17.8 Å². The highest BCUT2D eigenvalue weighted by Crippen LogP contribution is 2.53. The largest absolute Gasteiger partial charge is 0.481 e. The Morgan fingerprint density at radius 2 is 2.15 bits per heavy atom. The van der Waals surface area contributed by atoms with Gasteiger partial charge >= 0.3 is 5.97 Å². The van der Waals surface area contributed by atoms with Gasteiger partial charge < -0.3 is 14.6 Å². The zero-order valence-corrected chi connectivity index (χ0v) is 15.7. The second kappa shape index (κ2) is 7.12. The highest BCUT2D eigenvalue weighted by Gasteiger charge is 2.49. The highest BCUT2D eigenvalue weighted by atomic mass is 19.1. The fraction of sp³-hybridized carbons (Fsp3) is 0.500. The smallest absolute Gasteiger partial charge is 0.307 e. The second-order valence-electron chi connectivity index (χ2n) is 7.84. The predicted octanol–water partition coefficient (Wildman–Crippen LogP) is 4.55. The van der Waals surface area contributed by atoms with Gasteiger partial charge in [0.25, 0.3) is 0 Å². The minimum absolute atomic E-state index is 0.0372. The molecule has 1 aromatic rings. The molecule has 4 nitrogen and oxygen atoms in total. The van der Waals surface area contributed by atoms with Crippen LogP contribution >= 0.6 is 0 Å². The van der Waals surface area contributed by atoms with E-state index in [1.54, 1.807) is 13.0 Å². The van der Waals surface area contributed by atoms with Crippen molar-refractivity contribution >= 4 is 5.97 Å². The van der Waals surface area contributed by atoms with Crippen LogP contribution in [0.4, 0.5) is 4.39 Å². The summed E-state index contributed by atoms with van der Waals surface area (Å²) in [6.45, 7) is 4.10. The minimum atomic E-state index is -0.776. The van der Waals surface area contributed by atoms with Crippen molar-refractivity contribution in [1.29, 1.82) is 0 Å². The van der Waals surface area contributed by atoms with Gasteiger partial charge in [-0.25, -0.2) is 4.39 Å². The molecule has 1 heterocycles. The first-order valence-electron chi connectivity index (χ1n) is 9.63. The van der Waals surface area contributed by atoms with E-state index in [0.29, 0.717) is 12.0 Å². The van der Waals surface area contributed by atoms with E-state index in [1.807, 2.05) is 18.2 Å². The summed E-state index contributed by atoms with van der Waals surface area (Å²) in [7, 11) is 0. The molecule has 2 aliphatic carbocycles. The van der Waals surface area contributed by atoms with Crippen molar-refractivity contribution < 1.29 is 23.8 Å². The first-order chi connectivity index (χ1) is 13.0. The summed E-state index contributed by atoms with van der Waals surface area (Å²) >= 11 is 0. The monoisotopic (exact) mass is 372 g/mol. The molecule has 5 heteroatoms. The summed E-state index contributed by atoms with van der Waals surface area (Å²) in [5.41, 5.74) is 2.63. The van der Waals surface area contributed by atoms with Gasteiger partial charge in [-0.15, -0.1) is 0 Å². The fourth-order valence-electron chi connectivity index (χ4n) is 5.07. The molecule has 0 radical (unpaired) electrons. The zero-order valence-electron chi connectivity index (χ0n) is 15.7. The first-order valence-corrected chi connectivity index (χ1v) is 9.63. The topological polar surface area (TPSA) is 55.8 Å². The molecule has 1 aromatic carbocycles. The van der Waals surface area contributed by atoms with E-state index in [4.69, 9.17) is 9.47 Å². The Balaban J connectivity index is 1.69. The van der Waals surface area contributed by atoms with Crippen molar-refractivity contribution in [1.82, 2.24) is 0 Å². The molecule has 5 unspecified atom stereocenters. The van der Waals surface area contributed by atoms with E-state index >= 15 is 0 Å². The number of aryl methyl sites for hydroxylation is 1. The van der Waals surface area contributed by atoms with Crippen molar-refractivity contribution in [2.75, 3.05) is 6.79 Å². The summed E-state index contributed by atoms with van der Waals surface area (Å²) in [6, 6.07) is 5.04. The van der Waals surface area contributed by atoms with Crippen LogP contribution in [-0.4, -0.2) is 24.0 Å². The Morgan fingerprint density at radius 3 is 2.85 bits per heavy atom. The minimum Gasteiger partial charge on any atom is -0.481 e. The summed E-state index contributed by atoms with van der Waals surface area (Å²) in [5.74, 6) is -0.590. The lowest BCUT2D eigenvalue weighted by atomic mass is 9.77. The standard InChI is InChI=1S/C22H25FO4/c1-3-13-9-16(14-5-7-18-19(10-14)27-11-26-18)21(22(24)25)20(13)15-4-6-17(23)12(2)8-15/h4-8,13,16,19-21H,3,9-11H2,1-2H3,(H,24,25). The predicted molar refractivity (Wildman–Crippen MR) is 98.5 cm³/mol. The normalized spacial score (nSPS) is 32.5. The molecule has 3 aliphatic rings. The van der Waals surface area contributed by atoms with E-state index in [9.17, 15) is 14.3 Å². The van der Waals surface area contributed by atoms with Crippen molar-refractivity contribution in [3.05, 3.63) is 58.6 Å². The van der Waals surface area contributed by atoms with Crippen LogP contribution in [0, 0.1) is 30.5 Å². The van der Waals surface area contributed by atoms with E-state index in [0.717, 1.165) is 29.7 Å². The molecule has 0 bridgehead atoms. The molecule has 1 N–H and O–H groups in total. The maximum atomic E-state index is 13.8. The van der Waals surface area contributed by atoms with Crippen molar-refractivity contribution in [3.63, 3.8) is 0 Å². The summed E-state index contributed by atoms with van der Waals surface area (Å²) in [6.07, 6.45) is 6.27. The molecule has 0 spiro atoms. The van der Waals surface area contributed by atoms with Gasteiger partial charge in [0.15, 0.2) is 6.79 Å². The molecule has 1 saturated carbocycles. The van der Waals surface area contributed by atoms with E-state index in [2.05, 4.69) is 6.92 Å². The molecule has 27 heavy (non-hydrogen) atoms. The Hall–Kier alpha value is -2.14. The number of ether oxygens (including phenoxy) is 2. The summed E-state index contributed by atoms with van der Waals surface area (Å²) in [4.78, 5) is 12.3. The van der Waals surface area contributed by atoms with Gasteiger partial charge in [0.1, 0.15) is 17.7 Å². The number of carboxylic acid groups (broad SMARTS) is 1. The third-order valence-corrected chi connectivity index (χ3v) is 6.43. The SMILES string of the molecule is CCC1CC(C2=CC=C3OCOC3C2)C(C(=O)O)C1c1ccc(F)c(C)c1. The van der Waals surface area contributed by atoms with Gasteiger partial charge in [-0.1, -0.05) is 37.1 Å². The number of aliphatic carboxylic acids is 1. The lowest BCUT2D eigenvalue weighted by Gasteiger charge is -2.27. The number of hydrogen-bond donors (Lipinski definition) is 1. The fourth-order valence-corrected chi connectivity index (χ4v) is 5.07. The number of rotatable bonds is 4. The van der Waals surface area contributed by atoms with Gasteiger partial charge in [0, 0.05) is 12.3 Å². The molecule has 4 rings (SSSR count). The Morgan fingerprint density at radius 1 is 1.33 bits per heavy atom. The van der Waals surface area contributed by atoms with Crippen molar-refractivity contribution in [3.8, 4) is 0 Å². The highest BCUT2D eigenvalue weighted by molar-refractivity contribution is 5.73. The molecular weight excluding hydrogens is 347 g/mol. The van der Waals surface area contributed by atoms with Crippen LogP contribution in [0.25, 0.3) is 0 Å². The Labute approximate surface area is 158 Å². The summed E-state index contributed by atoms with van der Waals surface area (Å²) < 4.78 is 24.8. The lowest BCUT2D eigenvalue weighted by molar-refractivity contribution is -0.143. The third-order valence-electron chi connectivity index (χ3n) is 6.43. The molecule has 0 amide bonds. The summed E-state index contributed by atoms with van der Waals surface area (Å²) in [5, 5.41) is 10.1. The van der Waals surface area contributed by atoms with Crippen LogP contribution < -0.4 is 0 Å². The van der Waals surface area contributed by atoms with Crippen LogP contribution in [0.3, 0.4) is 0 Å². The number of allylic oxidation sites excluding steroid dienone is 2. The molecule has 5 atom stereocenters. The first kappa shape index (κ1) is 18.2. The quantitative estimate of drug-likeness (QED) is 0.842. The molecule has 2 fully saturated rings. The third kappa shape index (κ3) is 3.18. The number of carbonyl (C=O) groups is 1. The lowest BCUT2D eigenvalue weighted by Crippen LogP contribution is -2.27. The second-order valence-corrected chi connectivity index (χ2v) is 7.84. The van der Waals surface area contributed by atoms with Gasteiger partial charge in [-0.2, -0.15) is 0 Å². The maximum absolute atomic E-state index is 13.8. The van der Waals surface area contributed by atoms with Gasteiger partial charge in [0.2, 0.25) is 0 Å². The van der Waals surface area contributed by atoms with Crippen LogP contribution in [0.5, 0.6) is 0 Å². The number of carboxylic acids is 1. The number of halogens is 1. The van der Waals surface area contributed by atoms with Crippen molar-refractivity contribution in [2.45, 2.75) is 45.1 Å². The van der Waals surface area contributed by atoms with Gasteiger partial charge in [0.05, 0.1) is 5.92 Å². The molecule has 144 valence electrons. The van der Waals surface area contributed by atoms with Crippen LogP contribution in [0.15, 0.2) is 41.7 Å². The molecule has 0 aromatic heterocycles. The zero-order chi connectivity index (χ0) is 19.1. The Bertz CT molecular complexity index is 813. The van der Waals surface area contributed by atoms with Crippen LogP contribution in [0.2, 0.25) is 0 Å². The van der Waals surface area contributed by atoms with Crippen LogP contribution in [-0.2, 0) is 14.3 Å². The number of hydrogen-bond acceptors (Lipinski definition) is 3. The molecule has 1 saturated heterocycles. The maximum Gasteiger partial charge on any atom is 0.307 e. The number of benzene rings is 1. The Kier molecular flexibility index (Phi) is 4.81. The van der Waals surface area contributed by atoms with E-state index in [-0.39, 0.29) is 36.5 Å². The van der Waals surface area contributed by atoms with E-state index < -0.39 is 11.9 Å². The molecule has 1 aliphatic heterocycles. The molecular formula is C22H25FO4. The van der Waals surface area contributed by atoms with Crippen LogP contribution in [0.1, 0.15) is 43.2 Å². The van der Waals surface area contributed by atoms with Gasteiger partial charge in [-0.05, 0) is 48.4 Å². The average Bonchev–Trinajstić information content (AvgIpc) is 3.27. The average molecular weight is 372 g/mol. The number of fused-ring (bicyclic) bond motifs is 1.